The van der Waals surface area contributed by atoms with Gasteiger partial charge in [0.15, 0.2) is 0 Å². The summed E-state index contributed by atoms with van der Waals surface area (Å²) in [5, 5.41) is 9.16. The molecule has 0 spiro atoms. The Labute approximate surface area is 66.7 Å². The molecule has 3 heteroatoms. The summed E-state index contributed by atoms with van der Waals surface area (Å²) in [5.41, 5.74) is 0. The molecule has 1 rings (SSSR count). The summed E-state index contributed by atoms with van der Waals surface area (Å²) in [4.78, 5) is 0. The van der Waals surface area contributed by atoms with E-state index in [1.54, 1.807) is 0 Å². The molecule has 1 aliphatic heterocycles. The zero-order valence-electron chi connectivity index (χ0n) is 6.42. The van der Waals surface area contributed by atoms with Crippen LogP contribution in [0, 0.1) is 0 Å². The molecular formula is C7H15NOS. The molecule has 0 bridgehead atoms. The third-order valence-corrected chi connectivity index (χ3v) is 2.72. The predicted molar refractivity (Wildman–Crippen MR) is 44.9 cm³/mol. The molecule has 0 aromatic heterocycles. The first-order valence-electron chi connectivity index (χ1n) is 3.89. The van der Waals surface area contributed by atoms with Crippen LogP contribution in [0.1, 0.15) is 19.8 Å². The molecular weight excluding hydrogens is 146 g/mol. The summed E-state index contributed by atoms with van der Waals surface area (Å²) < 4.78 is 2.34. The minimum Gasteiger partial charge on any atom is -0.393 e. The van der Waals surface area contributed by atoms with E-state index in [4.69, 9.17) is 5.11 Å². The van der Waals surface area contributed by atoms with Gasteiger partial charge in [0.25, 0.3) is 0 Å². The lowest BCUT2D eigenvalue weighted by molar-refractivity contribution is 0.116. The van der Waals surface area contributed by atoms with Gasteiger partial charge in [0, 0.05) is 18.8 Å². The Kier molecular flexibility index (Phi) is 3.52. The molecule has 0 saturated carbocycles. The van der Waals surface area contributed by atoms with E-state index >= 15 is 0 Å². The van der Waals surface area contributed by atoms with Gasteiger partial charge in [0.05, 0.1) is 6.10 Å². The Hall–Kier alpha value is 0.270. The van der Waals surface area contributed by atoms with Gasteiger partial charge in [-0.1, -0.05) is 18.9 Å². The monoisotopic (exact) mass is 161 g/mol. The van der Waals surface area contributed by atoms with Crippen LogP contribution < -0.4 is 0 Å². The van der Waals surface area contributed by atoms with Crippen LogP contribution in [0.5, 0.6) is 0 Å². The average Bonchev–Trinajstić information content (AvgIpc) is 1.95. The predicted octanol–water partition coefficient (Wildman–Crippen LogP) is 1.11. The maximum absolute atomic E-state index is 9.16. The number of nitrogens with zero attached hydrogens (tertiary/aromatic N) is 1. The third kappa shape index (κ3) is 2.48. The van der Waals surface area contributed by atoms with E-state index in [-0.39, 0.29) is 6.10 Å². The summed E-state index contributed by atoms with van der Waals surface area (Å²) >= 11 is 1.88. The first kappa shape index (κ1) is 8.37. The van der Waals surface area contributed by atoms with E-state index in [0.29, 0.717) is 0 Å². The number of aliphatic hydroxyl groups excluding tert-OH is 1. The van der Waals surface area contributed by atoms with Crippen molar-refractivity contribution in [1.82, 2.24) is 4.31 Å². The summed E-state index contributed by atoms with van der Waals surface area (Å²) in [7, 11) is 0. The topological polar surface area (TPSA) is 23.5 Å². The second kappa shape index (κ2) is 4.21. The van der Waals surface area contributed by atoms with Crippen LogP contribution in [-0.2, 0) is 0 Å². The molecule has 2 nitrogen and oxygen atoms in total. The third-order valence-electron chi connectivity index (χ3n) is 1.74. The van der Waals surface area contributed by atoms with Crippen LogP contribution in [-0.4, -0.2) is 34.4 Å². The van der Waals surface area contributed by atoms with Crippen molar-refractivity contribution in [3.63, 3.8) is 0 Å². The van der Waals surface area contributed by atoms with E-state index in [9.17, 15) is 0 Å². The number of aliphatic hydroxyl groups is 1. The van der Waals surface area contributed by atoms with Crippen LogP contribution in [0.25, 0.3) is 0 Å². The van der Waals surface area contributed by atoms with Crippen molar-refractivity contribution < 1.29 is 5.11 Å². The lowest BCUT2D eigenvalue weighted by Crippen LogP contribution is -2.31. The summed E-state index contributed by atoms with van der Waals surface area (Å²) in [6, 6.07) is 0. The van der Waals surface area contributed by atoms with E-state index < -0.39 is 0 Å². The highest BCUT2D eigenvalue weighted by atomic mass is 32.2. The van der Waals surface area contributed by atoms with Crippen molar-refractivity contribution in [3.8, 4) is 0 Å². The normalized spacial score (nSPS) is 23.4. The average molecular weight is 161 g/mol. The number of rotatable bonds is 2. The fraction of sp³-hybridized carbons (Fsp3) is 1.00. The molecule has 1 fully saturated rings. The molecule has 1 saturated heterocycles. The van der Waals surface area contributed by atoms with Crippen molar-refractivity contribution >= 4 is 11.9 Å². The minimum atomic E-state index is -0.0336. The highest BCUT2D eigenvalue weighted by Gasteiger charge is 2.15. The maximum Gasteiger partial charge on any atom is 0.0565 e. The molecule has 0 radical (unpaired) electrons. The van der Waals surface area contributed by atoms with Crippen LogP contribution in [0.2, 0.25) is 0 Å². The molecule has 0 unspecified atom stereocenters. The molecule has 1 N–H and O–H groups in total. The van der Waals surface area contributed by atoms with Gasteiger partial charge in [0.1, 0.15) is 0 Å². The zero-order chi connectivity index (χ0) is 7.40. The fourth-order valence-corrected chi connectivity index (χ4v) is 1.99. The molecule has 0 atom stereocenters. The molecule has 0 aromatic carbocycles. The molecule has 10 heavy (non-hydrogen) atoms. The van der Waals surface area contributed by atoms with Crippen molar-refractivity contribution in [3.05, 3.63) is 0 Å². The molecule has 1 aliphatic rings. The van der Waals surface area contributed by atoms with Gasteiger partial charge in [-0.25, -0.2) is 0 Å². The van der Waals surface area contributed by atoms with Crippen molar-refractivity contribution in [2.45, 2.75) is 25.9 Å². The van der Waals surface area contributed by atoms with Crippen molar-refractivity contribution in [2.75, 3.05) is 18.8 Å². The lowest BCUT2D eigenvalue weighted by Gasteiger charge is -2.27. The number of hydrogen-bond donors (Lipinski definition) is 1. The number of piperidine rings is 1. The Balaban J connectivity index is 2.13. The molecule has 0 aliphatic carbocycles. The summed E-state index contributed by atoms with van der Waals surface area (Å²) in [6.45, 7) is 4.27. The van der Waals surface area contributed by atoms with Gasteiger partial charge in [-0.05, 0) is 12.8 Å². The van der Waals surface area contributed by atoms with Crippen LogP contribution in [0.3, 0.4) is 0 Å². The second-order valence-corrected chi connectivity index (χ2v) is 3.93. The summed E-state index contributed by atoms with van der Waals surface area (Å²) in [6.07, 6.45) is 1.87. The van der Waals surface area contributed by atoms with Gasteiger partial charge in [-0.3, -0.25) is 4.31 Å². The van der Waals surface area contributed by atoms with Gasteiger partial charge in [-0.15, -0.1) is 0 Å². The Morgan fingerprint density at radius 2 is 2.10 bits per heavy atom. The SMILES string of the molecule is CCSN1CCC(O)CC1. The quantitative estimate of drug-likeness (QED) is 0.614. The van der Waals surface area contributed by atoms with Gasteiger partial charge in [0.2, 0.25) is 0 Å². The number of hydrogen-bond acceptors (Lipinski definition) is 3. The van der Waals surface area contributed by atoms with Crippen LogP contribution >= 0.6 is 11.9 Å². The lowest BCUT2D eigenvalue weighted by atomic mass is 10.1. The van der Waals surface area contributed by atoms with Gasteiger partial charge < -0.3 is 5.11 Å². The largest absolute Gasteiger partial charge is 0.393 e. The highest BCUT2D eigenvalue weighted by molar-refractivity contribution is 7.96. The molecule has 0 aromatic rings. The highest BCUT2D eigenvalue weighted by Crippen LogP contribution is 2.17. The Bertz CT molecular complexity index is 91.6. The van der Waals surface area contributed by atoms with Crippen LogP contribution in [0.15, 0.2) is 0 Å². The maximum atomic E-state index is 9.16. The molecule has 0 amide bonds. The van der Waals surface area contributed by atoms with Crippen LogP contribution in [0.4, 0.5) is 0 Å². The first-order chi connectivity index (χ1) is 4.83. The Morgan fingerprint density at radius 1 is 1.50 bits per heavy atom. The summed E-state index contributed by atoms with van der Waals surface area (Å²) in [5.74, 6) is 1.15. The zero-order valence-corrected chi connectivity index (χ0v) is 7.23. The van der Waals surface area contributed by atoms with Gasteiger partial charge >= 0.3 is 0 Å². The van der Waals surface area contributed by atoms with E-state index in [2.05, 4.69) is 11.2 Å². The molecule has 1 heterocycles. The Morgan fingerprint density at radius 3 is 2.60 bits per heavy atom. The second-order valence-electron chi connectivity index (χ2n) is 2.58. The smallest absolute Gasteiger partial charge is 0.0565 e. The molecule has 60 valence electrons. The minimum absolute atomic E-state index is 0.0336. The van der Waals surface area contributed by atoms with E-state index in [1.165, 1.54) is 0 Å². The first-order valence-corrected chi connectivity index (χ1v) is 4.83. The van der Waals surface area contributed by atoms with Crippen molar-refractivity contribution in [2.24, 2.45) is 0 Å². The van der Waals surface area contributed by atoms with Gasteiger partial charge in [-0.2, -0.15) is 0 Å². The fourth-order valence-electron chi connectivity index (χ4n) is 1.15. The van der Waals surface area contributed by atoms with Crippen molar-refractivity contribution in [1.29, 1.82) is 0 Å². The van der Waals surface area contributed by atoms with E-state index in [1.807, 2.05) is 11.9 Å². The van der Waals surface area contributed by atoms with E-state index in [0.717, 1.165) is 31.7 Å². The standard InChI is InChI=1S/C7H15NOS/c1-2-10-8-5-3-7(9)4-6-8/h7,9H,2-6H2,1H3.